The van der Waals surface area contributed by atoms with Gasteiger partial charge < -0.3 is 16.2 Å². The van der Waals surface area contributed by atoms with Crippen LogP contribution in [0.15, 0.2) is 6.20 Å². The zero-order valence-corrected chi connectivity index (χ0v) is 9.33. The standard InChI is InChI=1S/C9H15ClN4O/c1-2-6(3-4-15)13-8-7(10)5-12-9(11)14-8/h5-6,15H,2-4H2,1H3,(H3,11,12,13,14). The molecule has 15 heavy (non-hydrogen) atoms. The van der Waals surface area contributed by atoms with Gasteiger partial charge in [0.05, 0.1) is 6.20 Å². The average Bonchev–Trinajstić information content (AvgIpc) is 2.22. The summed E-state index contributed by atoms with van der Waals surface area (Å²) in [5.74, 6) is 0.699. The molecule has 0 radical (unpaired) electrons. The molecule has 0 aliphatic heterocycles. The van der Waals surface area contributed by atoms with Crippen LogP contribution in [0, 0.1) is 0 Å². The van der Waals surface area contributed by atoms with Gasteiger partial charge in [-0.3, -0.25) is 0 Å². The molecule has 0 fully saturated rings. The second kappa shape index (κ2) is 5.72. The van der Waals surface area contributed by atoms with Crippen LogP contribution < -0.4 is 11.1 Å². The van der Waals surface area contributed by atoms with E-state index in [2.05, 4.69) is 15.3 Å². The molecule has 1 aromatic rings. The number of aliphatic hydroxyl groups is 1. The van der Waals surface area contributed by atoms with Crippen molar-refractivity contribution in [2.75, 3.05) is 17.7 Å². The van der Waals surface area contributed by atoms with Crippen LogP contribution in [0.3, 0.4) is 0 Å². The number of aliphatic hydroxyl groups excluding tert-OH is 1. The van der Waals surface area contributed by atoms with Crippen molar-refractivity contribution in [3.63, 3.8) is 0 Å². The van der Waals surface area contributed by atoms with Crippen LogP contribution in [0.4, 0.5) is 11.8 Å². The van der Waals surface area contributed by atoms with E-state index in [1.807, 2.05) is 6.92 Å². The maximum absolute atomic E-state index is 8.84. The van der Waals surface area contributed by atoms with Crippen LogP contribution >= 0.6 is 11.6 Å². The Morgan fingerprint density at radius 2 is 2.40 bits per heavy atom. The van der Waals surface area contributed by atoms with Crippen LogP contribution in [-0.4, -0.2) is 27.7 Å². The molecule has 0 bridgehead atoms. The first-order valence-electron chi connectivity index (χ1n) is 4.82. The number of nitrogens with zero attached hydrogens (tertiary/aromatic N) is 2. The minimum Gasteiger partial charge on any atom is -0.396 e. The molecular formula is C9H15ClN4O. The van der Waals surface area contributed by atoms with Crippen LogP contribution in [0.2, 0.25) is 5.02 Å². The summed E-state index contributed by atoms with van der Waals surface area (Å²) in [7, 11) is 0. The van der Waals surface area contributed by atoms with E-state index in [0.717, 1.165) is 6.42 Å². The lowest BCUT2D eigenvalue weighted by molar-refractivity contribution is 0.278. The van der Waals surface area contributed by atoms with E-state index in [0.29, 0.717) is 17.3 Å². The number of hydrogen-bond donors (Lipinski definition) is 3. The second-order valence-corrected chi connectivity index (χ2v) is 3.59. The Kier molecular flexibility index (Phi) is 4.58. The molecule has 1 atom stereocenters. The summed E-state index contributed by atoms with van der Waals surface area (Å²) in [6.45, 7) is 2.15. The first-order chi connectivity index (χ1) is 7.17. The lowest BCUT2D eigenvalue weighted by atomic mass is 10.1. The third-order valence-corrected chi connectivity index (χ3v) is 2.35. The van der Waals surface area contributed by atoms with E-state index in [1.165, 1.54) is 6.20 Å². The quantitative estimate of drug-likeness (QED) is 0.710. The first kappa shape index (κ1) is 12.0. The maximum atomic E-state index is 8.84. The van der Waals surface area contributed by atoms with Crippen molar-refractivity contribution in [2.24, 2.45) is 0 Å². The van der Waals surface area contributed by atoms with Crippen LogP contribution in [-0.2, 0) is 0 Å². The number of rotatable bonds is 5. The summed E-state index contributed by atoms with van der Waals surface area (Å²) in [4.78, 5) is 7.75. The van der Waals surface area contributed by atoms with Crippen molar-refractivity contribution in [2.45, 2.75) is 25.8 Å². The third kappa shape index (κ3) is 3.53. The van der Waals surface area contributed by atoms with Gasteiger partial charge in [0.2, 0.25) is 5.95 Å². The van der Waals surface area contributed by atoms with Gasteiger partial charge in [0.1, 0.15) is 5.02 Å². The number of halogens is 1. The predicted octanol–water partition coefficient (Wildman–Crippen LogP) is 1.29. The molecule has 0 amide bonds. The number of nitrogens with one attached hydrogen (secondary N) is 1. The third-order valence-electron chi connectivity index (χ3n) is 2.07. The second-order valence-electron chi connectivity index (χ2n) is 3.19. The molecule has 0 aliphatic rings. The monoisotopic (exact) mass is 230 g/mol. The normalized spacial score (nSPS) is 12.5. The molecule has 0 saturated heterocycles. The lowest BCUT2D eigenvalue weighted by Gasteiger charge is -2.16. The van der Waals surface area contributed by atoms with E-state index in [4.69, 9.17) is 22.4 Å². The molecule has 6 heteroatoms. The zero-order chi connectivity index (χ0) is 11.3. The molecule has 1 heterocycles. The summed E-state index contributed by atoms with van der Waals surface area (Å²) in [5, 5.41) is 12.4. The highest BCUT2D eigenvalue weighted by Gasteiger charge is 2.09. The van der Waals surface area contributed by atoms with Gasteiger partial charge in [-0.1, -0.05) is 18.5 Å². The van der Waals surface area contributed by atoms with Gasteiger partial charge in [-0.2, -0.15) is 4.98 Å². The molecule has 4 N–H and O–H groups in total. The van der Waals surface area contributed by atoms with E-state index in [1.54, 1.807) is 0 Å². The molecule has 5 nitrogen and oxygen atoms in total. The van der Waals surface area contributed by atoms with E-state index in [9.17, 15) is 0 Å². The fraction of sp³-hybridized carbons (Fsp3) is 0.556. The Balaban J connectivity index is 2.73. The van der Waals surface area contributed by atoms with Crippen LogP contribution in [0.1, 0.15) is 19.8 Å². The Morgan fingerprint density at radius 3 is 3.00 bits per heavy atom. The highest BCUT2D eigenvalue weighted by molar-refractivity contribution is 6.32. The Morgan fingerprint density at radius 1 is 1.67 bits per heavy atom. The summed E-state index contributed by atoms with van der Waals surface area (Å²) in [5.41, 5.74) is 5.45. The Bertz CT molecular complexity index is 321. The van der Waals surface area contributed by atoms with Gasteiger partial charge in [-0.25, -0.2) is 4.98 Å². The molecule has 0 aliphatic carbocycles. The van der Waals surface area contributed by atoms with Crippen molar-refractivity contribution >= 4 is 23.4 Å². The number of nitrogens with two attached hydrogens (primary N) is 1. The number of anilines is 2. The topological polar surface area (TPSA) is 84.1 Å². The minimum atomic E-state index is 0.129. The molecule has 1 rings (SSSR count). The summed E-state index contributed by atoms with van der Waals surface area (Å²) < 4.78 is 0. The van der Waals surface area contributed by atoms with Crippen molar-refractivity contribution in [3.05, 3.63) is 11.2 Å². The fourth-order valence-electron chi connectivity index (χ4n) is 1.21. The highest BCUT2D eigenvalue weighted by Crippen LogP contribution is 2.20. The maximum Gasteiger partial charge on any atom is 0.222 e. The van der Waals surface area contributed by atoms with Gasteiger partial charge >= 0.3 is 0 Å². The number of hydrogen-bond acceptors (Lipinski definition) is 5. The molecule has 0 spiro atoms. The van der Waals surface area contributed by atoms with Gasteiger partial charge in [0.25, 0.3) is 0 Å². The summed E-state index contributed by atoms with van der Waals surface area (Å²) in [6, 6.07) is 0.141. The van der Waals surface area contributed by atoms with Crippen molar-refractivity contribution in [3.8, 4) is 0 Å². The fourth-order valence-corrected chi connectivity index (χ4v) is 1.36. The first-order valence-corrected chi connectivity index (χ1v) is 5.20. The van der Waals surface area contributed by atoms with Crippen molar-refractivity contribution in [1.29, 1.82) is 0 Å². The van der Waals surface area contributed by atoms with Gasteiger partial charge in [0.15, 0.2) is 5.82 Å². The molecule has 84 valence electrons. The average molecular weight is 231 g/mol. The lowest BCUT2D eigenvalue weighted by Crippen LogP contribution is -2.21. The van der Waals surface area contributed by atoms with Gasteiger partial charge in [-0.05, 0) is 12.8 Å². The SMILES string of the molecule is CCC(CCO)Nc1nc(N)ncc1Cl. The number of aromatic nitrogens is 2. The molecule has 1 aromatic heterocycles. The van der Waals surface area contributed by atoms with Gasteiger partial charge in [0, 0.05) is 12.6 Å². The number of nitrogen functional groups attached to an aromatic ring is 1. The highest BCUT2D eigenvalue weighted by atomic mass is 35.5. The van der Waals surface area contributed by atoms with E-state index >= 15 is 0 Å². The molecule has 0 saturated carbocycles. The van der Waals surface area contributed by atoms with E-state index < -0.39 is 0 Å². The predicted molar refractivity (Wildman–Crippen MR) is 60.9 cm³/mol. The van der Waals surface area contributed by atoms with Crippen molar-refractivity contribution < 1.29 is 5.11 Å². The van der Waals surface area contributed by atoms with Crippen molar-refractivity contribution in [1.82, 2.24) is 9.97 Å². The molecular weight excluding hydrogens is 216 g/mol. The Hall–Kier alpha value is -1.07. The zero-order valence-electron chi connectivity index (χ0n) is 8.57. The Labute approximate surface area is 93.7 Å². The largest absolute Gasteiger partial charge is 0.396 e. The summed E-state index contributed by atoms with van der Waals surface area (Å²) in [6.07, 6.45) is 2.98. The molecule has 0 aromatic carbocycles. The van der Waals surface area contributed by atoms with Crippen LogP contribution in [0.25, 0.3) is 0 Å². The smallest absolute Gasteiger partial charge is 0.222 e. The van der Waals surface area contributed by atoms with Gasteiger partial charge in [-0.15, -0.1) is 0 Å². The minimum absolute atomic E-state index is 0.129. The van der Waals surface area contributed by atoms with Crippen LogP contribution in [0.5, 0.6) is 0 Å². The summed E-state index contributed by atoms with van der Waals surface area (Å²) >= 11 is 5.89. The van der Waals surface area contributed by atoms with E-state index in [-0.39, 0.29) is 18.6 Å². The molecule has 1 unspecified atom stereocenters.